The number of anilines is 1. The van der Waals surface area contributed by atoms with Crippen molar-refractivity contribution in [3.05, 3.63) is 51.2 Å². The van der Waals surface area contributed by atoms with Gasteiger partial charge in [0.15, 0.2) is 0 Å². The molecule has 4 N–H and O–H groups in total. The Kier molecular flexibility index (Phi) is 7.46. The summed E-state index contributed by atoms with van der Waals surface area (Å²) in [6.45, 7) is 0.577. The van der Waals surface area contributed by atoms with Crippen molar-refractivity contribution in [1.82, 2.24) is 5.32 Å². The van der Waals surface area contributed by atoms with Gasteiger partial charge in [0.05, 0.1) is 15.6 Å². The Labute approximate surface area is 167 Å². The van der Waals surface area contributed by atoms with Crippen molar-refractivity contribution in [2.24, 2.45) is 11.7 Å². The van der Waals surface area contributed by atoms with Gasteiger partial charge in [-0.2, -0.15) is 0 Å². The predicted molar refractivity (Wildman–Crippen MR) is 109 cm³/mol. The second-order valence-corrected chi connectivity index (χ2v) is 7.49. The van der Waals surface area contributed by atoms with Crippen LogP contribution in [0.15, 0.2) is 35.7 Å². The molecule has 2 aromatic rings. The summed E-state index contributed by atoms with van der Waals surface area (Å²) in [7, 11) is 0. The van der Waals surface area contributed by atoms with Crippen LogP contribution in [0.4, 0.5) is 5.69 Å². The smallest absolute Gasteiger partial charge is 0.265 e. The fourth-order valence-corrected chi connectivity index (χ4v) is 3.90. The molecule has 1 fully saturated rings. The molecule has 26 heavy (non-hydrogen) atoms. The summed E-state index contributed by atoms with van der Waals surface area (Å²) in [5, 5.41) is 8.03. The van der Waals surface area contributed by atoms with Crippen LogP contribution in [0.5, 0.6) is 0 Å². The van der Waals surface area contributed by atoms with Crippen LogP contribution in [0.25, 0.3) is 0 Å². The third-order valence-electron chi connectivity index (χ3n) is 4.50. The molecule has 2 unspecified atom stereocenters. The standard InChI is InChI=1S/C18H20ClN3O2S.ClH/c19-13-7-6-11(17(23)21-14-4-1-3-12(14)10-20)9-15(13)22-18(24)16-5-2-8-25-16;/h2,5-9,12,14H,1,3-4,10,20H2,(H,21,23)(H,22,24);1H. The molecular formula is C18H21Cl2N3O2S. The summed E-state index contributed by atoms with van der Waals surface area (Å²) in [5.74, 6) is -0.0867. The van der Waals surface area contributed by atoms with E-state index in [2.05, 4.69) is 10.6 Å². The van der Waals surface area contributed by atoms with Crippen molar-refractivity contribution in [2.45, 2.75) is 25.3 Å². The molecule has 2 atom stereocenters. The van der Waals surface area contributed by atoms with Crippen LogP contribution in [0.2, 0.25) is 5.02 Å². The van der Waals surface area contributed by atoms with Crippen molar-refractivity contribution < 1.29 is 9.59 Å². The van der Waals surface area contributed by atoms with Gasteiger partial charge in [-0.1, -0.05) is 24.1 Å². The van der Waals surface area contributed by atoms with Crippen molar-refractivity contribution in [3.8, 4) is 0 Å². The average molecular weight is 414 g/mol. The van der Waals surface area contributed by atoms with Crippen LogP contribution in [-0.2, 0) is 0 Å². The lowest BCUT2D eigenvalue weighted by molar-refractivity contribution is 0.0927. The van der Waals surface area contributed by atoms with Gasteiger partial charge in [-0.3, -0.25) is 9.59 Å². The van der Waals surface area contributed by atoms with Gasteiger partial charge in [-0.25, -0.2) is 0 Å². The SMILES string of the molecule is Cl.NCC1CCCC1NC(=O)c1ccc(Cl)c(NC(=O)c2cccs2)c1. The number of carbonyl (C=O) groups excluding carboxylic acids is 2. The summed E-state index contributed by atoms with van der Waals surface area (Å²) >= 11 is 7.51. The number of nitrogens with two attached hydrogens (primary N) is 1. The molecule has 0 aliphatic heterocycles. The second kappa shape index (κ2) is 9.37. The van der Waals surface area contributed by atoms with Gasteiger partial charge >= 0.3 is 0 Å². The van der Waals surface area contributed by atoms with E-state index in [9.17, 15) is 9.59 Å². The number of benzene rings is 1. The minimum absolute atomic E-state index is 0. The van der Waals surface area contributed by atoms with Crippen LogP contribution in [-0.4, -0.2) is 24.4 Å². The summed E-state index contributed by atoms with van der Waals surface area (Å²) < 4.78 is 0. The van der Waals surface area contributed by atoms with Crippen molar-refractivity contribution in [2.75, 3.05) is 11.9 Å². The molecule has 0 bridgehead atoms. The second-order valence-electron chi connectivity index (χ2n) is 6.13. The molecule has 1 aromatic heterocycles. The molecule has 1 aliphatic carbocycles. The normalized spacial score (nSPS) is 18.8. The molecule has 8 heteroatoms. The largest absolute Gasteiger partial charge is 0.349 e. The fraction of sp³-hybridized carbons (Fsp3) is 0.333. The molecule has 1 aromatic carbocycles. The molecule has 5 nitrogen and oxygen atoms in total. The Morgan fingerprint density at radius 1 is 1.23 bits per heavy atom. The minimum atomic E-state index is -0.242. The number of amides is 2. The molecule has 0 spiro atoms. The number of nitrogens with one attached hydrogen (secondary N) is 2. The first-order chi connectivity index (χ1) is 12.1. The maximum Gasteiger partial charge on any atom is 0.265 e. The van der Waals surface area contributed by atoms with E-state index < -0.39 is 0 Å². The highest BCUT2D eigenvalue weighted by Gasteiger charge is 2.27. The summed E-state index contributed by atoms with van der Waals surface area (Å²) in [6, 6.07) is 8.53. The van der Waals surface area contributed by atoms with E-state index in [0.717, 1.165) is 19.3 Å². The topological polar surface area (TPSA) is 84.2 Å². The van der Waals surface area contributed by atoms with E-state index in [4.69, 9.17) is 17.3 Å². The zero-order chi connectivity index (χ0) is 17.8. The third-order valence-corrected chi connectivity index (χ3v) is 5.70. The van der Waals surface area contributed by atoms with Crippen LogP contribution in [0.1, 0.15) is 39.3 Å². The molecule has 1 saturated carbocycles. The average Bonchev–Trinajstić information content (AvgIpc) is 3.28. The number of thiophene rings is 1. The Bertz CT molecular complexity index is 768. The highest BCUT2D eigenvalue weighted by atomic mass is 35.5. The van der Waals surface area contributed by atoms with Crippen molar-refractivity contribution >= 4 is 52.8 Å². The number of hydrogen-bond donors (Lipinski definition) is 3. The monoisotopic (exact) mass is 413 g/mol. The van der Waals surface area contributed by atoms with Gasteiger partial charge in [0.25, 0.3) is 11.8 Å². The first-order valence-corrected chi connectivity index (χ1v) is 9.49. The van der Waals surface area contributed by atoms with E-state index in [1.54, 1.807) is 30.3 Å². The predicted octanol–water partition coefficient (Wildman–Crippen LogP) is 3.93. The Morgan fingerprint density at radius 3 is 2.73 bits per heavy atom. The maximum absolute atomic E-state index is 12.5. The van der Waals surface area contributed by atoms with Crippen LogP contribution in [0, 0.1) is 5.92 Å². The summed E-state index contributed by atoms with van der Waals surface area (Å²) in [5.41, 5.74) is 6.66. The lowest BCUT2D eigenvalue weighted by Gasteiger charge is -2.19. The van der Waals surface area contributed by atoms with Crippen molar-refractivity contribution in [3.63, 3.8) is 0 Å². The summed E-state index contributed by atoms with van der Waals surface area (Å²) in [6.07, 6.45) is 3.07. The van der Waals surface area contributed by atoms with Gasteiger partial charge in [-0.15, -0.1) is 23.7 Å². The molecular weight excluding hydrogens is 393 g/mol. The highest BCUT2D eigenvalue weighted by Crippen LogP contribution is 2.27. The number of carbonyl (C=O) groups is 2. The lowest BCUT2D eigenvalue weighted by atomic mass is 10.0. The third kappa shape index (κ3) is 4.76. The maximum atomic E-state index is 12.5. The lowest BCUT2D eigenvalue weighted by Crippen LogP contribution is -2.39. The Hall–Kier alpha value is -1.60. The molecule has 1 aliphatic rings. The van der Waals surface area contributed by atoms with E-state index in [0.29, 0.717) is 33.6 Å². The van der Waals surface area contributed by atoms with Gasteiger partial charge in [0.2, 0.25) is 0 Å². The van der Waals surface area contributed by atoms with Gasteiger partial charge in [0, 0.05) is 11.6 Å². The molecule has 140 valence electrons. The van der Waals surface area contributed by atoms with E-state index in [1.165, 1.54) is 11.3 Å². The Balaban J connectivity index is 0.00000243. The number of halogens is 2. The Morgan fingerprint density at radius 2 is 2.04 bits per heavy atom. The number of hydrogen-bond acceptors (Lipinski definition) is 4. The highest BCUT2D eigenvalue weighted by molar-refractivity contribution is 7.12. The van der Waals surface area contributed by atoms with Crippen LogP contribution >= 0.6 is 35.3 Å². The fourth-order valence-electron chi connectivity index (χ4n) is 3.11. The summed E-state index contributed by atoms with van der Waals surface area (Å²) in [4.78, 5) is 25.3. The first kappa shape index (κ1) is 20.7. The zero-order valence-corrected chi connectivity index (χ0v) is 16.4. The first-order valence-electron chi connectivity index (χ1n) is 8.24. The van der Waals surface area contributed by atoms with Gasteiger partial charge in [-0.05, 0) is 54.9 Å². The van der Waals surface area contributed by atoms with Crippen molar-refractivity contribution in [1.29, 1.82) is 0 Å². The molecule has 2 amide bonds. The minimum Gasteiger partial charge on any atom is -0.349 e. The van der Waals surface area contributed by atoms with Crippen LogP contribution < -0.4 is 16.4 Å². The van der Waals surface area contributed by atoms with E-state index in [1.807, 2.05) is 5.38 Å². The molecule has 1 heterocycles. The quantitative estimate of drug-likeness (QED) is 0.693. The van der Waals surface area contributed by atoms with Crippen LogP contribution in [0.3, 0.4) is 0 Å². The van der Waals surface area contributed by atoms with Gasteiger partial charge in [0.1, 0.15) is 0 Å². The zero-order valence-electron chi connectivity index (χ0n) is 14.0. The van der Waals surface area contributed by atoms with E-state index in [-0.39, 0.29) is 30.3 Å². The number of rotatable bonds is 5. The molecule has 0 radical (unpaired) electrons. The molecule has 3 rings (SSSR count). The molecule has 0 saturated heterocycles. The van der Waals surface area contributed by atoms with Gasteiger partial charge < -0.3 is 16.4 Å². The van der Waals surface area contributed by atoms with E-state index >= 15 is 0 Å².